The van der Waals surface area contributed by atoms with Gasteiger partial charge in [-0.05, 0) is 37.7 Å². The Balaban J connectivity index is 1.72. The minimum atomic E-state index is -1.09. The van der Waals surface area contributed by atoms with Gasteiger partial charge in [-0.3, -0.25) is 14.4 Å². The zero-order chi connectivity index (χ0) is 24.7. The molecule has 4 rings (SSSR count). The Morgan fingerprint density at radius 3 is 2.53 bits per heavy atom. The summed E-state index contributed by atoms with van der Waals surface area (Å²) in [6, 6.07) is 8.15. The number of hydrogen-bond acceptors (Lipinski definition) is 5. The second-order valence-electron chi connectivity index (χ2n) is 10.2. The second-order valence-corrected chi connectivity index (χ2v) is 10.2. The van der Waals surface area contributed by atoms with Crippen LogP contribution >= 0.6 is 0 Å². The van der Waals surface area contributed by atoms with Crippen molar-refractivity contribution in [1.29, 1.82) is 0 Å². The molecule has 2 bridgehead atoms. The molecule has 34 heavy (non-hydrogen) atoms. The number of hydrogen-bond donors (Lipinski definition) is 3. The average Bonchev–Trinajstić information content (AvgIpc) is 3.34. The first-order chi connectivity index (χ1) is 16.2. The maximum Gasteiger partial charge on any atom is 0.246 e. The van der Waals surface area contributed by atoms with Crippen molar-refractivity contribution in [1.82, 2.24) is 15.5 Å². The lowest BCUT2D eigenvalue weighted by molar-refractivity contribution is -0.151. The summed E-state index contributed by atoms with van der Waals surface area (Å²) in [5.74, 6) is -2.21. The van der Waals surface area contributed by atoms with E-state index >= 15 is 0 Å². The van der Waals surface area contributed by atoms with Crippen LogP contribution in [0.15, 0.2) is 30.3 Å². The average molecular weight is 472 g/mol. The molecule has 3 N–H and O–H groups in total. The number of carbonyl (C=O) groups excluding carboxylic acids is 3. The van der Waals surface area contributed by atoms with Gasteiger partial charge in [-0.1, -0.05) is 51.1 Å². The van der Waals surface area contributed by atoms with E-state index in [1.165, 1.54) is 4.90 Å². The van der Waals surface area contributed by atoms with Crippen molar-refractivity contribution < 1.29 is 24.2 Å². The van der Waals surface area contributed by atoms with E-state index in [1.54, 1.807) is 0 Å². The Bertz CT molecular complexity index is 936. The lowest BCUT2D eigenvalue weighted by Crippen LogP contribution is -2.58. The first-order valence-electron chi connectivity index (χ1n) is 12.5. The van der Waals surface area contributed by atoms with Crippen LogP contribution in [-0.2, 0) is 25.7 Å². The summed E-state index contributed by atoms with van der Waals surface area (Å²) in [5.41, 5.74) is -0.977. The van der Waals surface area contributed by atoms with Crippen LogP contribution in [0.3, 0.4) is 0 Å². The predicted molar refractivity (Wildman–Crippen MR) is 126 cm³/mol. The summed E-state index contributed by atoms with van der Waals surface area (Å²) >= 11 is 0. The second kappa shape index (κ2) is 9.30. The maximum absolute atomic E-state index is 13.9. The van der Waals surface area contributed by atoms with E-state index in [0.29, 0.717) is 25.9 Å². The van der Waals surface area contributed by atoms with Crippen molar-refractivity contribution >= 4 is 17.7 Å². The van der Waals surface area contributed by atoms with Crippen LogP contribution in [-0.4, -0.2) is 64.2 Å². The van der Waals surface area contributed by atoms with Crippen molar-refractivity contribution in [2.45, 2.75) is 76.8 Å². The highest BCUT2D eigenvalue weighted by molar-refractivity contribution is 5.99. The first kappa shape index (κ1) is 24.7. The normalized spacial score (nSPS) is 34.7. The van der Waals surface area contributed by atoms with E-state index in [9.17, 15) is 19.5 Å². The molecular formula is C26H37N3O5. The van der Waals surface area contributed by atoms with Crippen molar-refractivity contribution in [2.75, 3.05) is 13.2 Å². The Kier molecular flexibility index (Phi) is 6.75. The van der Waals surface area contributed by atoms with Gasteiger partial charge >= 0.3 is 0 Å². The van der Waals surface area contributed by atoms with Gasteiger partial charge in [0.2, 0.25) is 17.7 Å². The standard InChI is InChI=1S/C26H37N3O5/c1-5-12-27-22(31)19-20-24(33)29(18(6-2)15-30)21(26(20)13-16(3)25(19,4)34-26)23(32)28-14-17-10-8-7-9-11-17/h7-11,16,18-21,30H,5-6,12-15H2,1-4H3,(H,27,31)(H,28,32)/t16?,18-,19-,20-,21?,25+,26?/m0/s1. The van der Waals surface area contributed by atoms with Gasteiger partial charge < -0.3 is 25.4 Å². The molecule has 3 heterocycles. The molecule has 8 nitrogen and oxygen atoms in total. The van der Waals surface area contributed by atoms with Gasteiger partial charge in [0.15, 0.2) is 0 Å². The van der Waals surface area contributed by atoms with Gasteiger partial charge in [-0.25, -0.2) is 0 Å². The topological polar surface area (TPSA) is 108 Å². The van der Waals surface area contributed by atoms with Crippen molar-refractivity contribution in [3.8, 4) is 0 Å². The van der Waals surface area contributed by atoms with Gasteiger partial charge in [-0.15, -0.1) is 0 Å². The molecule has 1 spiro atoms. The summed E-state index contributed by atoms with van der Waals surface area (Å²) in [6.45, 7) is 8.38. The third kappa shape index (κ3) is 3.62. The molecule has 3 aliphatic heterocycles. The third-order valence-corrected chi connectivity index (χ3v) is 8.22. The van der Waals surface area contributed by atoms with Gasteiger partial charge in [0, 0.05) is 13.1 Å². The summed E-state index contributed by atoms with van der Waals surface area (Å²) in [5, 5.41) is 16.0. The number of carbonyl (C=O) groups is 3. The van der Waals surface area contributed by atoms with Crippen LogP contribution < -0.4 is 10.6 Å². The zero-order valence-corrected chi connectivity index (χ0v) is 20.5. The molecule has 8 heteroatoms. The molecule has 7 atom stereocenters. The molecule has 3 unspecified atom stereocenters. The number of aliphatic hydroxyl groups excluding tert-OH is 1. The number of nitrogens with zero attached hydrogens (tertiary/aromatic N) is 1. The smallest absolute Gasteiger partial charge is 0.246 e. The molecule has 0 saturated carbocycles. The highest BCUT2D eigenvalue weighted by Crippen LogP contribution is 2.65. The molecule has 1 aromatic rings. The Labute approximate surface area is 201 Å². The maximum atomic E-state index is 13.9. The molecule has 3 aliphatic rings. The van der Waals surface area contributed by atoms with Crippen molar-refractivity contribution in [3.63, 3.8) is 0 Å². The van der Waals surface area contributed by atoms with Crippen molar-refractivity contribution in [3.05, 3.63) is 35.9 Å². The monoisotopic (exact) mass is 471 g/mol. The molecule has 0 radical (unpaired) electrons. The highest BCUT2D eigenvalue weighted by Gasteiger charge is 2.80. The molecule has 0 aromatic heterocycles. The number of nitrogens with one attached hydrogen (secondary N) is 2. The first-order valence-corrected chi connectivity index (χ1v) is 12.5. The van der Waals surface area contributed by atoms with Crippen molar-refractivity contribution in [2.24, 2.45) is 17.8 Å². The van der Waals surface area contributed by atoms with Gasteiger partial charge in [-0.2, -0.15) is 0 Å². The van der Waals surface area contributed by atoms with Gasteiger partial charge in [0.25, 0.3) is 0 Å². The predicted octanol–water partition coefficient (Wildman–Crippen LogP) is 1.61. The fourth-order valence-corrected chi connectivity index (χ4v) is 6.42. The van der Waals surface area contributed by atoms with E-state index in [4.69, 9.17) is 4.74 Å². The largest absolute Gasteiger partial charge is 0.394 e. The van der Waals surface area contributed by atoms with E-state index < -0.39 is 35.1 Å². The Hall–Kier alpha value is -2.45. The number of ether oxygens (including phenoxy) is 1. The third-order valence-electron chi connectivity index (χ3n) is 8.22. The number of likely N-dealkylation sites (tertiary alicyclic amines) is 1. The van der Waals surface area contributed by atoms with Crippen LogP contribution in [0.2, 0.25) is 0 Å². The fraction of sp³-hybridized carbons (Fsp3) is 0.654. The molecule has 3 amide bonds. The Morgan fingerprint density at radius 2 is 1.91 bits per heavy atom. The Morgan fingerprint density at radius 1 is 1.21 bits per heavy atom. The molecular weight excluding hydrogens is 434 g/mol. The van der Waals surface area contributed by atoms with E-state index in [0.717, 1.165) is 12.0 Å². The van der Waals surface area contributed by atoms with E-state index in [2.05, 4.69) is 10.6 Å². The minimum absolute atomic E-state index is 0.00694. The minimum Gasteiger partial charge on any atom is -0.394 e. The van der Waals surface area contributed by atoms with Gasteiger partial charge in [0.05, 0.1) is 30.1 Å². The van der Waals surface area contributed by atoms with E-state index in [1.807, 2.05) is 58.0 Å². The number of amides is 3. The zero-order valence-electron chi connectivity index (χ0n) is 20.5. The lowest BCUT2D eigenvalue weighted by atomic mass is 9.62. The van der Waals surface area contributed by atoms with Crippen LogP contribution in [0.1, 0.15) is 52.5 Å². The fourth-order valence-electron chi connectivity index (χ4n) is 6.42. The number of aliphatic hydroxyl groups is 1. The van der Waals surface area contributed by atoms with Crippen LogP contribution in [0.4, 0.5) is 0 Å². The van der Waals surface area contributed by atoms with Crippen LogP contribution in [0.5, 0.6) is 0 Å². The van der Waals surface area contributed by atoms with E-state index in [-0.39, 0.29) is 30.2 Å². The van der Waals surface area contributed by atoms with Crippen LogP contribution in [0.25, 0.3) is 0 Å². The molecule has 186 valence electrons. The summed E-state index contributed by atoms with van der Waals surface area (Å²) in [6.07, 6.45) is 1.79. The molecule has 3 fully saturated rings. The van der Waals surface area contributed by atoms with Gasteiger partial charge in [0.1, 0.15) is 11.6 Å². The summed E-state index contributed by atoms with van der Waals surface area (Å²) in [7, 11) is 0. The summed E-state index contributed by atoms with van der Waals surface area (Å²) < 4.78 is 6.66. The number of fused-ring (bicyclic) bond motifs is 1. The summed E-state index contributed by atoms with van der Waals surface area (Å²) in [4.78, 5) is 42.5. The molecule has 1 aromatic carbocycles. The number of rotatable bonds is 9. The quantitative estimate of drug-likeness (QED) is 0.507. The number of benzene rings is 1. The SMILES string of the molecule is CCCNC(=O)[C@@H]1[C@H]2C(=O)N([C@@H](CC)CO)C(C(=O)NCc3ccccc3)C23CC(C)[C@@]1(C)O3. The lowest BCUT2D eigenvalue weighted by Gasteiger charge is -2.36. The van der Waals surface area contributed by atoms with Crippen LogP contribution in [0, 0.1) is 17.8 Å². The molecule has 3 saturated heterocycles. The highest BCUT2D eigenvalue weighted by atomic mass is 16.5. The molecule has 0 aliphatic carbocycles.